The molecule has 0 aliphatic carbocycles. The van der Waals surface area contributed by atoms with E-state index in [1.54, 1.807) is 12.5 Å². The van der Waals surface area contributed by atoms with E-state index >= 15 is 0 Å². The number of hydrogen-bond acceptors (Lipinski definition) is 5. The van der Waals surface area contributed by atoms with Crippen molar-refractivity contribution in [3.63, 3.8) is 0 Å². The first-order chi connectivity index (χ1) is 14.1. The van der Waals surface area contributed by atoms with Gasteiger partial charge in [-0.15, -0.1) is 0 Å². The van der Waals surface area contributed by atoms with Gasteiger partial charge in [-0.2, -0.15) is 0 Å². The van der Waals surface area contributed by atoms with Crippen molar-refractivity contribution in [3.05, 3.63) is 77.9 Å². The Balaban J connectivity index is 0.000000687. The second-order valence-corrected chi connectivity index (χ2v) is 6.18. The minimum atomic E-state index is 0.403. The molecule has 0 aliphatic rings. The smallest absolute Gasteiger partial charge is 0.221 e. The largest absolute Gasteiger partial charge is 0.497 e. The van der Waals surface area contributed by atoms with Crippen molar-refractivity contribution >= 4 is 12.1 Å². The van der Waals surface area contributed by atoms with Crippen LogP contribution in [0.5, 0.6) is 11.5 Å². The molecule has 0 heterocycles. The van der Waals surface area contributed by atoms with E-state index in [1.807, 2.05) is 43.4 Å². The summed E-state index contributed by atoms with van der Waals surface area (Å²) in [5.41, 5.74) is 7.46. The van der Waals surface area contributed by atoms with Gasteiger partial charge in [-0.1, -0.05) is 36.4 Å². The van der Waals surface area contributed by atoms with Crippen LogP contribution in [0.1, 0.15) is 11.1 Å². The zero-order valence-electron chi connectivity index (χ0n) is 16.9. The lowest BCUT2D eigenvalue weighted by molar-refractivity contribution is -0.109. The van der Waals surface area contributed by atoms with Gasteiger partial charge in [0, 0.05) is 18.3 Å². The first kappa shape index (κ1) is 21.8. The molecular formula is C23H27N3O3. The van der Waals surface area contributed by atoms with E-state index in [1.165, 1.54) is 11.1 Å². The lowest BCUT2D eigenvalue weighted by Crippen LogP contribution is -2.18. The average molecular weight is 393 g/mol. The molecule has 0 spiro atoms. The molecule has 0 aromatic heterocycles. The number of carbonyl (C=O) groups excluding carboxylic acids is 1. The highest BCUT2D eigenvalue weighted by Crippen LogP contribution is 2.28. The Kier molecular flexibility index (Phi) is 8.53. The summed E-state index contributed by atoms with van der Waals surface area (Å²) in [6, 6.07) is 22.4. The summed E-state index contributed by atoms with van der Waals surface area (Å²) in [7, 11) is 3.61. The van der Waals surface area contributed by atoms with E-state index in [-0.39, 0.29) is 0 Å². The number of rotatable bonds is 7. The Hall–Kier alpha value is -3.51. The van der Waals surface area contributed by atoms with Gasteiger partial charge in [0.05, 0.1) is 7.11 Å². The van der Waals surface area contributed by atoms with E-state index in [0.717, 1.165) is 28.3 Å². The zero-order chi connectivity index (χ0) is 21.1. The van der Waals surface area contributed by atoms with Crippen molar-refractivity contribution in [2.75, 3.05) is 19.5 Å². The summed E-state index contributed by atoms with van der Waals surface area (Å²) < 4.78 is 11.4. The van der Waals surface area contributed by atoms with E-state index in [4.69, 9.17) is 14.3 Å². The van der Waals surface area contributed by atoms with Gasteiger partial charge < -0.3 is 14.8 Å². The predicted octanol–water partition coefficient (Wildman–Crippen LogP) is 3.90. The second kappa shape index (κ2) is 11.4. The number of nitrogens with two attached hydrogens (primary N) is 1. The summed E-state index contributed by atoms with van der Waals surface area (Å²) >= 11 is 0. The Morgan fingerprint density at radius 1 is 0.966 bits per heavy atom. The Bertz CT molecular complexity index is 929. The maximum Gasteiger partial charge on any atom is 0.221 e. The van der Waals surface area contributed by atoms with Crippen LogP contribution in [0.2, 0.25) is 0 Å². The number of benzene rings is 3. The fraction of sp³-hybridized carbons (Fsp3) is 0.174. The van der Waals surface area contributed by atoms with Crippen LogP contribution in [-0.4, -0.2) is 20.6 Å². The lowest BCUT2D eigenvalue weighted by Gasteiger charge is -2.14. The SMILES string of the molecule is CNc1cccc(C)c1COc1cccc(-c2cccc(OC)c2)c1.NNC=O. The molecule has 3 aromatic carbocycles. The summed E-state index contributed by atoms with van der Waals surface area (Å²) in [6.07, 6.45) is 0.403. The normalized spacial score (nSPS) is 9.66. The first-order valence-electron chi connectivity index (χ1n) is 9.16. The Morgan fingerprint density at radius 2 is 1.55 bits per heavy atom. The third kappa shape index (κ3) is 6.26. The predicted molar refractivity (Wildman–Crippen MR) is 117 cm³/mol. The number of methoxy groups -OCH3 is 1. The molecule has 3 rings (SSSR count). The first-order valence-corrected chi connectivity index (χ1v) is 9.16. The van der Waals surface area contributed by atoms with E-state index in [2.05, 4.69) is 48.4 Å². The molecule has 0 fully saturated rings. The average Bonchev–Trinajstić information content (AvgIpc) is 2.78. The van der Waals surface area contributed by atoms with Crippen LogP contribution in [0.15, 0.2) is 66.7 Å². The fourth-order valence-electron chi connectivity index (χ4n) is 2.85. The molecule has 0 saturated heterocycles. The van der Waals surface area contributed by atoms with Crippen LogP contribution in [-0.2, 0) is 11.4 Å². The molecule has 0 bridgehead atoms. The van der Waals surface area contributed by atoms with Crippen molar-refractivity contribution in [2.45, 2.75) is 13.5 Å². The maximum absolute atomic E-state index is 8.94. The van der Waals surface area contributed by atoms with Crippen LogP contribution < -0.4 is 26.1 Å². The number of carbonyl (C=O) groups is 1. The molecule has 4 N–H and O–H groups in total. The minimum Gasteiger partial charge on any atom is -0.497 e. The second-order valence-electron chi connectivity index (χ2n) is 6.18. The highest BCUT2D eigenvalue weighted by Gasteiger charge is 2.07. The topological polar surface area (TPSA) is 85.6 Å². The van der Waals surface area contributed by atoms with Crippen LogP contribution in [0.3, 0.4) is 0 Å². The van der Waals surface area contributed by atoms with Gasteiger partial charge in [0.2, 0.25) is 6.41 Å². The molecular weight excluding hydrogens is 366 g/mol. The number of amides is 1. The quantitative estimate of drug-likeness (QED) is 0.245. The number of hydrazine groups is 1. The number of hydrogen-bond donors (Lipinski definition) is 3. The lowest BCUT2D eigenvalue weighted by atomic mass is 10.1. The number of nitrogens with one attached hydrogen (secondary N) is 2. The monoisotopic (exact) mass is 393 g/mol. The van der Waals surface area contributed by atoms with Gasteiger partial charge in [0.15, 0.2) is 0 Å². The van der Waals surface area contributed by atoms with Gasteiger partial charge in [-0.25, -0.2) is 5.84 Å². The molecule has 0 atom stereocenters. The summed E-state index contributed by atoms with van der Waals surface area (Å²) in [5, 5.41) is 3.23. The van der Waals surface area contributed by atoms with Crippen molar-refractivity contribution < 1.29 is 14.3 Å². The minimum absolute atomic E-state index is 0.403. The molecule has 0 aliphatic heterocycles. The third-order valence-electron chi connectivity index (χ3n) is 4.37. The van der Waals surface area contributed by atoms with Crippen LogP contribution in [0.4, 0.5) is 5.69 Å². The maximum atomic E-state index is 8.94. The van der Waals surface area contributed by atoms with Crippen molar-refractivity contribution in [2.24, 2.45) is 5.84 Å². The van der Waals surface area contributed by atoms with Crippen LogP contribution in [0.25, 0.3) is 11.1 Å². The van der Waals surface area contributed by atoms with Gasteiger partial charge in [0.1, 0.15) is 18.1 Å². The van der Waals surface area contributed by atoms with Gasteiger partial charge in [-0.3, -0.25) is 10.2 Å². The van der Waals surface area contributed by atoms with E-state index in [9.17, 15) is 0 Å². The molecule has 0 saturated carbocycles. The molecule has 1 amide bonds. The molecule has 6 heteroatoms. The molecule has 0 radical (unpaired) electrons. The molecule has 152 valence electrons. The molecule has 29 heavy (non-hydrogen) atoms. The highest BCUT2D eigenvalue weighted by atomic mass is 16.5. The number of anilines is 1. The van der Waals surface area contributed by atoms with Crippen LogP contribution in [0, 0.1) is 6.92 Å². The van der Waals surface area contributed by atoms with Gasteiger partial charge in [-0.05, 0) is 53.9 Å². The molecule has 3 aromatic rings. The Labute approximate surface area is 171 Å². The fourth-order valence-corrected chi connectivity index (χ4v) is 2.85. The molecule has 6 nitrogen and oxygen atoms in total. The number of ether oxygens (including phenoxy) is 2. The van der Waals surface area contributed by atoms with E-state index < -0.39 is 0 Å². The van der Waals surface area contributed by atoms with Crippen molar-refractivity contribution in [1.82, 2.24) is 5.43 Å². The van der Waals surface area contributed by atoms with Crippen LogP contribution >= 0.6 is 0 Å². The third-order valence-corrected chi connectivity index (χ3v) is 4.37. The van der Waals surface area contributed by atoms with Crippen molar-refractivity contribution in [1.29, 1.82) is 0 Å². The van der Waals surface area contributed by atoms with E-state index in [0.29, 0.717) is 13.0 Å². The standard InChI is InChI=1S/C22H23NO2.CH4N2O/c1-16-7-4-12-22(23-2)21(16)15-25-20-11-6-9-18(14-20)17-8-5-10-19(13-17)24-3;2-3-1-4/h4-14,23H,15H2,1-3H3;1H,2H2,(H,3,4). The summed E-state index contributed by atoms with van der Waals surface area (Å²) in [6.45, 7) is 2.64. The summed E-state index contributed by atoms with van der Waals surface area (Å²) in [4.78, 5) is 8.94. The molecule has 0 unspecified atom stereocenters. The Morgan fingerprint density at radius 3 is 2.14 bits per heavy atom. The van der Waals surface area contributed by atoms with Gasteiger partial charge in [0.25, 0.3) is 0 Å². The highest BCUT2D eigenvalue weighted by molar-refractivity contribution is 5.66. The van der Waals surface area contributed by atoms with Crippen molar-refractivity contribution in [3.8, 4) is 22.6 Å². The number of aryl methyl sites for hydroxylation is 1. The zero-order valence-corrected chi connectivity index (χ0v) is 16.9. The summed E-state index contributed by atoms with van der Waals surface area (Å²) in [5.74, 6) is 6.11. The van der Waals surface area contributed by atoms with Gasteiger partial charge >= 0.3 is 0 Å².